The Morgan fingerprint density at radius 2 is 1.46 bits per heavy atom. The second-order valence-electron chi connectivity index (χ2n) is 10.2. The van der Waals surface area contributed by atoms with Crippen LogP contribution in [0.25, 0.3) is 10.9 Å². The number of hydrogen-bond donors (Lipinski definition) is 6. The first-order valence-electron chi connectivity index (χ1n) is 13.0. The average Bonchev–Trinajstić information content (AvgIpc) is 3.30. The van der Waals surface area contributed by atoms with Crippen LogP contribution in [-0.2, 0) is 32.0 Å². The highest BCUT2D eigenvalue weighted by Gasteiger charge is 2.29. The Bertz CT molecular complexity index is 1290. The zero-order valence-electron chi connectivity index (χ0n) is 22.4. The second kappa shape index (κ2) is 13.6. The number of para-hydroxylation sites is 1. The van der Waals surface area contributed by atoms with Gasteiger partial charge in [-0.25, -0.2) is 4.79 Å². The maximum Gasteiger partial charge on any atom is 0.326 e. The van der Waals surface area contributed by atoms with Gasteiger partial charge >= 0.3 is 5.97 Å². The largest absolute Gasteiger partial charge is 0.480 e. The third kappa shape index (κ3) is 8.41. The maximum absolute atomic E-state index is 13.1. The Morgan fingerprint density at radius 1 is 0.821 bits per heavy atom. The van der Waals surface area contributed by atoms with Crippen molar-refractivity contribution in [2.75, 3.05) is 0 Å². The molecule has 3 rings (SSSR count). The van der Waals surface area contributed by atoms with E-state index in [1.165, 1.54) is 6.92 Å². The van der Waals surface area contributed by atoms with Crippen molar-refractivity contribution in [3.05, 3.63) is 71.9 Å². The van der Waals surface area contributed by atoms with Crippen molar-refractivity contribution >= 4 is 34.6 Å². The van der Waals surface area contributed by atoms with Gasteiger partial charge in [0.2, 0.25) is 17.7 Å². The molecular formula is C29H37N5O5. The summed E-state index contributed by atoms with van der Waals surface area (Å²) in [4.78, 5) is 53.7. The number of carbonyl (C=O) groups excluding carboxylic acids is 3. The predicted molar refractivity (Wildman–Crippen MR) is 149 cm³/mol. The summed E-state index contributed by atoms with van der Waals surface area (Å²) in [6, 6.07) is 12.8. The van der Waals surface area contributed by atoms with Gasteiger partial charge in [-0.1, -0.05) is 62.4 Å². The van der Waals surface area contributed by atoms with E-state index in [9.17, 15) is 24.3 Å². The summed E-state index contributed by atoms with van der Waals surface area (Å²) >= 11 is 0. The van der Waals surface area contributed by atoms with Crippen molar-refractivity contribution in [1.29, 1.82) is 0 Å². The molecule has 0 saturated heterocycles. The maximum atomic E-state index is 13.1. The van der Waals surface area contributed by atoms with Crippen LogP contribution in [0, 0.1) is 5.92 Å². The number of benzene rings is 2. The Balaban J connectivity index is 1.60. The van der Waals surface area contributed by atoms with Crippen molar-refractivity contribution in [2.45, 2.75) is 64.2 Å². The highest BCUT2D eigenvalue weighted by molar-refractivity contribution is 5.94. The van der Waals surface area contributed by atoms with Gasteiger partial charge in [0, 0.05) is 23.5 Å². The summed E-state index contributed by atoms with van der Waals surface area (Å²) in [5.74, 6) is -2.78. The fraction of sp³-hybridized carbons (Fsp3) is 0.379. The molecule has 10 nitrogen and oxygen atoms in total. The number of carboxylic acids is 1. The number of carboxylic acid groups (broad SMARTS) is 1. The summed E-state index contributed by atoms with van der Waals surface area (Å²) in [7, 11) is 0. The molecule has 2 aromatic carbocycles. The highest BCUT2D eigenvalue weighted by atomic mass is 16.4. The monoisotopic (exact) mass is 535 g/mol. The lowest BCUT2D eigenvalue weighted by Crippen LogP contribution is -2.56. The van der Waals surface area contributed by atoms with E-state index >= 15 is 0 Å². The number of nitrogens with one attached hydrogen (secondary N) is 4. The number of fused-ring (bicyclic) bond motifs is 1. The minimum Gasteiger partial charge on any atom is -0.480 e. The highest BCUT2D eigenvalue weighted by Crippen LogP contribution is 2.19. The lowest BCUT2D eigenvalue weighted by atomic mass is 10.0. The molecule has 0 aliphatic carbocycles. The number of carbonyl (C=O) groups is 4. The molecular weight excluding hydrogens is 498 g/mol. The molecule has 4 atom stereocenters. The predicted octanol–water partition coefficient (Wildman–Crippen LogP) is 1.89. The van der Waals surface area contributed by atoms with Crippen LogP contribution in [0.1, 0.15) is 38.3 Å². The van der Waals surface area contributed by atoms with Gasteiger partial charge in [-0.2, -0.15) is 0 Å². The average molecular weight is 536 g/mol. The van der Waals surface area contributed by atoms with Crippen molar-refractivity contribution in [2.24, 2.45) is 11.7 Å². The number of amides is 3. The smallest absolute Gasteiger partial charge is 0.326 e. The molecule has 3 amide bonds. The molecule has 4 unspecified atom stereocenters. The van der Waals surface area contributed by atoms with E-state index in [-0.39, 0.29) is 12.3 Å². The molecule has 39 heavy (non-hydrogen) atoms. The van der Waals surface area contributed by atoms with Gasteiger partial charge in [0.15, 0.2) is 0 Å². The normalized spacial score (nSPS) is 14.3. The molecule has 3 aromatic rings. The molecule has 10 heteroatoms. The van der Waals surface area contributed by atoms with Crippen LogP contribution in [0.3, 0.4) is 0 Å². The van der Waals surface area contributed by atoms with Crippen molar-refractivity contribution < 1.29 is 24.3 Å². The van der Waals surface area contributed by atoms with E-state index < -0.39 is 47.9 Å². The lowest BCUT2D eigenvalue weighted by molar-refractivity contribution is -0.142. The van der Waals surface area contributed by atoms with E-state index in [0.717, 1.165) is 22.0 Å². The molecule has 0 bridgehead atoms. The Kier molecular flexibility index (Phi) is 10.2. The standard InChI is InChI=1S/C29H37N5O5/c1-17(2)13-24(33-27(36)22(30)14-19-9-5-4-6-10-19)28(37)32-18(3)26(35)34-25(29(38)39)15-20-16-31-23-12-8-7-11-21(20)23/h4-12,16-18,22,24-25,31H,13-15,30H2,1-3H3,(H,32,37)(H,33,36)(H,34,35)(H,38,39). The summed E-state index contributed by atoms with van der Waals surface area (Å²) in [5, 5.41) is 18.4. The summed E-state index contributed by atoms with van der Waals surface area (Å²) < 4.78 is 0. The molecule has 0 spiro atoms. The molecule has 1 aromatic heterocycles. The van der Waals surface area contributed by atoms with Gasteiger partial charge in [0.1, 0.15) is 18.1 Å². The zero-order valence-corrected chi connectivity index (χ0v) is 22.4. The van der Waals surface area contributed by atoms with Crippen LogP contribution in [0.4, 0.5) is 0 Å². The summed E-state index contributed by atoms with van der Waals surface area (Å²) in [6.45, 7) is 5.29. The number of aromatic amines is 1. The van der Waals surface area contributed by atoms with Crippen molar-refractivity contribution in [1.82, 2.24) is 20.9 Å². The number of aromatic nitrogens is 1. The lowest BCUT2D eigenvalue weighted by Gasteiger charge is -2.24. The van der Waals surface area contributed by atoms with Crippen LogP contribution in [0.15, 0.2) is 60.8 Å². The van der Waals surface area contributed by atoms with Crippen LogP contribution in [0.5, 0.6) is 0 Å². The first-order valence-corrected chi connectivity index (χ1v) is 13.0. The third-order valence-corrected chi connectivity index (χ3v) is 6.44. The van der Waals surface area contributed by atoms with Gasteiger partial charge in [0.05, 0.1) is 6.04 Å². The molecule has 7 N–H and O–H groups in total. The topological polar surface area (TPSA) is 166 Å². The van der Waals surface area contributed by atoms with Crippen LogP contribution >= 0.6 is 0 Å². The molecule has 0 fully saturated rings. The summed E-state index contributed by atoms with van der Waals surface area (Å²) in [6.07, 6.45) is 2.44. The van der Waals surface area contributed by atoms with Crippen LogP contribution < -0.4 is 21.7 Å². The fourth-order valence-electron chi connectivity index (χ4n) is 4.34. The van der Waals surface area contributed by atoms with Crippen molar-refractivity contribution in [3.63, 3.8) is 0 Å². The number of nitrogens with two attached hydrogens (primary N) is 1. The Morgan fingerprint density at radius 3 is 2.13 bits per heavy atom. The SMILES string of the molecule is CC(C)CC(NC(=O)C(N)Cc1ccccc1)C(=O)NC(C)C(=O)NC(Cc1c[nH]c2ccccc12)C(=O)O. The van der Waals surface area contributed by atoms with Crippen LogP contribution in [-0.4, -0.2) is 57.9 Å². The van der Waals surface area contributed by atoms with Gasteiger partial charge in [-0.15, -0.1) is 0 Å². The molecule has 0 radical (unpaired) electrons. The molecule has 208 valence electrons. The van der Waals surface area contributed by atoms with Gasteiger partial charge in [-0.3, -0.25) is 14.4 Å². The minimum absolute atomic E-state index is 0.0666. The van der Waals surface area contributed by atoms with Crippen LogP contribution in [0.2, 0.25) is 0 Å². The Hall–Kier alpha value is -4.18. The van der Waals surface area contributed by atoms with Crippen molar-refractivity contribution in [3.8, 4) is 0 Å². The number of hydrogen-bond acceptors (Lipinski definition) is 5. The molecule has 0 saturated carbocycles. The second-order valence-corrected chi connectivity index (χ2v) is 10.2. The van der Waals surface area contributed by atoms with E-state index in [0.29, 0.717) is 12.8 Å². The van der Waals surface area contributed by atoms with Gasteiger partial charge in [-0.05, 0) is 42.9 Å². The Labute approximate surface area is 227 Å². The number of H-pyrrole nitrogens is 1. The van der Waals surface area contributed by atoms with E-state index in [1.54, 1.807) is 6.20 Å². The minimum atomic E-state index is -1.20. The quantitative estimate of drug-likeness (QED) is 0.195. The first kappa shape index (κ1) is 29.4. The van der Waals surface area contributed by atoms with E-state index in [1.807, 2.05) is 68.4 Å². The zero-order chi connectivity index (χ0) is 28.5. The fourth-order valence-corrected chi connectivity index (χ4v) is 4.34. The molecule has 1 heterocycles. The first-order chi connectivity index (χ1) is 18.5. The third-order valence-electron chi connectivity index (χ3n) is 6.44. The van der Waals surface area contributed by atoms with Gasteiger partial charge < -0.3 is 31.8 Å². The van der Waals surface area contributed by atoms with Gasteiger partial charge in [0.25, 0.3) is 0 Å². The molecule has 0 aliphatic rings. The summed E-state index contributed by atoms with van der Waals surface area (Å²) in [5.41, 5.74) is 8.60. The van der Waals surface area contributed by atoms with E-state index in [2.05, 4.69) is 20.9 Å². The number of aliphatic carboxylic acids is 1. The number of rotatable bonds is 13. The molecule has 0 aliphatic heterocycles. The van der Waals surface area contributed by atoms with E-state index in [4.69, 9.17) is 5.73 Å².